The zero-order valence-corrected chi connectivity index (χ0v) is 10.1. The zero-order chi connectivity index (χ0) is 12.3. The smallest absolute Gasteiger partial charge is 0.160 e. The lowest BCUT2D eigenvalue weighted by molar-refractivity contribution is -0.130. The van der Waals surface area contributed by atoms with Crippen molar-refractivity contribution in [3.05, 3.63) is 60.2 Å². The number of benzene rings is 1. The SMILES string of the molecule is C=CC(=CC)C(c1ccccc1)N1CC(=O)C1. The van der Waals surface area contributed by atoms with Crippen LogP contribution in [0.25, 0.3) is 0 Å². The lowest BCUT2D eigenvalue weighted by atomic mass is 9.94. The fraction of sp³-hybridized carbons (Fsp3) is 0.267. The van der Waals surface area contributed by atoms with Gasteiger partial charge in [-0.2, -0.15) is 0 Å². The van der Waals surface area contributed by atoms with E-state index in [0.717, 1.165) is 5.57 Å². The molecule has 2 nitrogen and oxygen atoms in total. The molecule has 1 atom stereocenters. The number of rotatable bonds is 4. The van der Waals surface area contributed by atoms with E-state index in [2.05, 4.69) is 29.7 Å². The van der Waals surface area contributed by atoms with Crippen molar-refractivity contribution in [3.63, 3.8) is 0 Å². The number of allylic oxidation sites excluding steroid dienone is 1. The van der Waals surface area contributed by atoms with Crippen LogP contribution in [-0.4, -0.2) is 23.8 Å². The van der Waals surface area contributed by atoms with Crippen molar-refractivity contribution in [2.45, 2.75) is 13.0 Å². The minimum Gasteiger partial charge on any atom is -0.297 e. The van der Waals surface area contributed by atoms with Crippen molar-refractivity contribution >= 4 is 5.78 Å². The van der Waals surface area contributed by atoms with Gasteiger partial charge in [0.25, 0.3) is 0 Å². The summed E-state index contributed by atoms with van der Waals surface area (Å²) in [6, 6.07) is 10.4. The number of hydrogen-bond donors (Lipinski definition) is 0. The van der Waals surface area contributed by atoms with Gasteiger partial charge in [-0.15, -0.1) is 0 Å². The number of ketones is 1. The second-order valence-electron chi connectivity index (χ2n) is 4.25. The Labute approximate surface area is 102 Å². The number of carbonyl (C=O) groups is 1. The second kappa shape index (κ2) is 5.11. The van der Waals surface area contributed by atoms with E-state index in [1.54, 1.807) is 0 Å². The van der Waals surface area contributed by atoms with Gasteiger partial charge in [0.05, 0.1) is 19.1 Å². The summed E-state index contributed by atoms with van der Waals surface area (Å²) in [5, 5.41) is 0. The topological polar surface area (TPSA) is 20.3 Å². The van der Waals surface area contributed by atoms with Crippen molar-refractivity contribution in [1.82, 2.24) is 4.90 Å². The summed E-state index contributed by atoms with van der Waals surface area (Å²) in [5.41, 5.74) is 2.37. The summed E-state index contributed by atoms with van der Waals surface area (Å²) >= 11 is 0. The van der Waals surface area contributed by atoms with Gasteiger partial charge in [0.1, 0.15) is 0 Å². The first-order valence-corrected chi connectivity index (χ1v) is 5.85. The summed E-state index contributed by atoms with van der Waals surface area (Å²) in [6.45, 7) is 6.96. The second-order valence-corrected chi connectivity index (χ2v) is 4.25. The van der Waals surface area contributed by atoms with Gasteiger partial charge in [-0.3, -0.25) is 9.69 Å². The quantitative estimate of drug-likeness (QED) is 0.737. The van der Waals surface area contributed by atoms with Gasteiger partial charge in [0.2, 0.25) is 0 Å². The fourth-order valence-electron chi connectivity index (χ4n) is 2.23. The van der Waals surface area contributed by atoms with Gasteiger partial charge >= 0.3 is 0 Å². The highest BCUT2D eigenvalue weighted by atomic mass is 16.1. The van der Waals surface area contributed by atoms with Gasteiger partial charge in [-0.05, 0) is 18.1 Å². The molecule has 1 aromatic carbocycles. The average molecular weight is 227 g/mol. The Hall–Kier alpha value is -1.67. The van der Waals surface area contributed by atoms with Gasteiger partial charge in [0, 0.05) is 0 Å². The van der Waals surface area contributed by atoms with E-state index in [-0.39, 0.29) is 6.04 Å². The first-order valence-electron chi connectivity index (χ1n) is 5.85. The molecule has 0 amide bonds. The third-order valence-electron chi connectivity index (χ3n) is 3.12. The summed E-state index contributed by atoms with van der Waals surface area (Å²) in [5.74, 6) is 0.311. The highest BCUT2D eigenvalue weighted by Crippen LogP contribution is 2.31. The van der Waals surface area contributed by atoms with Crippen LogP contribution in [0.1, 0.15) is 18.5 Å². The molecule has 0 saturated carbocycles. The lowest BCUT2D eigenvalue weighted by Gasteiger charge is -2.38. The molecule has 0 spiro atoms. The standard InChI is InChI=1S/C15H17NO/c1-3-12(4-2)15(16-10-14(17)11-16)13-8-6-5-7-9-13/h3-9,15H,1,10-11H2,2H3. The number of Topliss-reactive ketones (excluding diaryl/α,β-unsaturated/α-hetero) is 1. The normalized spacial score (nSPS) is 18.6. The number of carbonyl (C=O) groups excluding carboxylic acids is 1. The molecular formula is C15H17NO. The van der Waals surface area contributed by atoms with Crippen LogP contribution in [0.5, 0.6) is 0 Å². The minimum atomic E-state index is 0.163. The highest BCUT2D eigenvalue weighted by molar-refractivity contribution is 5.88. The molecule has 17 heavy (non-hydrogen) atoms. The average Bonchev–Trinajstić information content (AvgIpc) is 2.34. The fourth-order valence-corrected chi connectivity index (χ4v) is 2.23. The molecule has 1 heterocycles. The molecule has 1 unspecified atom stereocenters. The zero-order valence-electron chi connectivity index (χ0n) is 10.1. The highest BCUT2D eigenvalue weighted by Gasteiger charge is 2.32. The molecule has 2 rings (SSSR count). The summed E-state index contributed by atoms with van der Waals surface area (Å²) in [4.78, 5) is 13.3. The first-order chi connectivity index (χ1) is 8.26. The maximum Gasteiger partial charge on any atom is 0.160 e. The van der Waals surface area contributed by atoms with E-state index < -0.39 is 0 Å². The van der Waals surface area contributed by atoms with Crippen LogP contribution in [0.4, 0.5) is 0 Å². The van der Waals surface area contributed by atoms with Gasteiger partial charge in [-0.25, -0.2) is 0 Å². The number of nitrogens with zero attached hydrogens (tertiary/aromatic N) is 1. The van der Waals surface area contributed by atoms with Crippen LogP contribution < -0.4 is 0 Å². The number of likely N-dealkylation sites (tertiary alicyclic amines) is 1. The predicted molar refractivity (Wildman–Crippen MR) is 69.7 cm³/mol. The van der Waals surface area contributed by atoms with Crippen LogP contribution in [0.2, 0.25) is 0 Å². The van der Waals surface area contributed by atoms with Crippen LogP contribution in [-0.2, 0) is 4.79 Å². The molecule has 88 valence electrons. The molecule has 2 heteroatoms. The molecule has 1 aromatic rings. The monoisotopic (exact) mass is 227 g/mol. The molecule has 0 aromatic heterocycles. The molecule has 1 aliphatic heterocycles. The van der Waals surface area contributed by atoms with Crippen molar-refractivity contribution in [3.8, 4) is 0 Å². The Morgan fingerprint density at radius 2 is 2.00 bits per heavy atom. The molecule has 0 N–H and O–H groups in total. The summed E-state index contributed by atoms with van der Waals surface area (Å²) in [6.07, 6.45) is 3.94. The molecule has 0 aliphatic carbocycles. The molecule has 1 aliphatic rings. The maximum atomic E-state index is 11.2. The van der Waals surface area contributed by atoms with E-state index in [1.165, 1.54) is 5.56 Å². The van der Waals surface area contributed by atoms with E-state index in [9.17, 15) is 4.79 Å². The van der Waals surface area contributed by atoms with Crippen LogP contribution in [0.15, 0.2) is 54.6 Å². The van der Waals surface area contributed by atoms with Crippen LogP contribution in [0.3, 0.4) is 0 Å². The van der Waals surface area contributed by atoms with Crippen LogP contribution in [0, 0.1) is 0 Å². The maximum absolute atomic E-state index is 11.2. The van der Waals surface area contributed by atoms with E-state index >= 15 is 0 Å². The van der Waals surface area contributed by atoms with Gasteiger partial charge in [0.15, 0.2) is 5.78 Å². The Morgan fingerprint density at radius 3 is 2.47 bits per heavy atom. The van der Waals surface area contributed by atoms with E-state index in [0.29, 0.717) is 18.9 Å². The first kappa shape index (κ1) is 11.8. The Balaban J connectivity index is 2.31. The van der Waals surface area contributed by atoms with Crippen LogP contribution >= 0.6 is 0 Å². The molecule has 1 saturated heterocycles. The Bertz CT molecular complexity index is 439. The molecule has 1 fully saturated rings. The predicted octanol–water partition coefficient (Wildman–Crippen LogP) is 2.74. The summed E-state index contributed by atoms with van der Waals surface area (Å²) < 4.78 is 0. The Kier molecular flexibility index (Phi) is 3.55. The van der Waals surface area contributed by atoms with Crippen molar-refractivity contribution in [2.24, 2.45) is 0 Å². The van der Waals surface area contributed by atoms with Crippen molar-refractivity contribution < 1.29 is 4.79 Å². The lowest BCUT2D eigenvalue weighted by Crippen LogP contribution is -2.49. The third kappa shape index (κ3) is 2.37. The number of hydrogen-bond acceptors (Lipinski definition) is 2. The Morgan fingerprint density at radius 1 is 1.35 bits per heavy atom. The molecular weight excluding hydrogens is 210 g/mol. The third-order valence-corrected chi connectivity index (χ3v) is 3.12. The van der Waals surface area contributed by atoms with E-state index in [4.69, 9.17) is 0 Å². The van der Waals surface area contributed by atoms with Gasteiger partial charge < -0.3 is 0 Å². The molecule has 0 radical (unpaired) electrons. The largest absolute Gasteiger partial charge is 0.297 e. The van der Waals surface area contributed by atoms with Crippen molar-refractivity contribution in [1.29, 1.82) is 0 Å². The summed E-state index contributed by atoms with van der Waals surface area (Å²) in [7, 11) is 0. The minimum absolute atomic E-state index is 0.163. The molecule has 0 bridgehead atoms. The van der Waals surface area contributed by atoms with Gasteiger partial charge in [-0.1, -0.05) is 49.1 Å². The van der Waals surface area contributed by atoms with Crippen molar-refractivity contribution in [2.75, 3.05) is 13.1 Å². The van der Waals surface area contributed by atoms with E-state index in [1.807, 2.05) is 31.2 Å².